The van der Waals surface area contributed by atoms with Crippen LogP contribution < -0.4 is 10.1 Å². The van der Waals surface area contributed by atoms with Crippen LogP contribution in [0.2, 0.25) is 5.02 Å². The molecular weight excluding hydrogens is 254 g/mol. The predicted octanol–water partition coefficient (Wildman–Crippen LogP) is 1.83. The van der Waals surface area contributed by atoms with Gasteiger partial charge in [0.1, 0.15) is 11.9 Å². The molecule has 0 radical (unpaired) electrons. The van der Waals surface area contributed by atoms with E-state index in [9.17, 15) is 4.79 Å². The molecule has 2 rings (SSSR count). The van der Waals surface area contributed by atoms with Gasteiger partial charge in [-0.1, -0.05) is 11.6 Å². The minimum absolute atomic E-state index is 0.0963. The number of hydrogen-bond donors (Lipinski definition) is 1. The molecule has 1 aliphatic rings. The number of Topliss-reactive ketones (excluding diaryl/α,β-unsaturated/α-hetero) is 1. The first-order valence-electron chi connectivity index (χ1n) is 5.84. The van der Waals surface area contributed by atoms with Crippen molar-refractivity contribution in [2.24, 2.45) is 0 Å². The second-order valence-electron chi connectivity index (χ2n) is 4.23. The van der Waals surface area contributed by atoms with Gasteiger partial charge < -0.3 is 14.8 Å². The van der Waals surface area contributed by atoms with E-state index in [-0.39, 0.29) is 5.78 Å². The number of ketones is 1. The topological polar surface area (TPSA) is 47.6 Å². The van der Waals surface area contributed by atoms with Gasteiger partial charge in [-0.05, 0) is 24.6 Å². The average molecular weight is 270 g/mol. The zero-order valence-corrected chi connectivity index (χ0v) is 11.2. The standard InChI is InChI=1S/C13H16ClNO3/c1-8-5-11(17-2)9(6-10(8)14)13(16)12-7-15-3-4-18-12/h5-6,12,15H,3-4,7H2,1-2H3. The number of nitrogens with one attached hydrogen (secondary N) is 1. The Kier molecular flexibility index (Phi) is 4.22. The van der Waals surface area contributed by atoms with Gasteiger partial charge in [0.15, 0.2) is 5.78 Å². The van der Waals surface area contributed by atoms with Crippen LogP contribution >= 0.6 is 11.6 Å². The first-order valence-corrected chi connectivity index (χ1v) is 6.22. The van der Waals surface area contributed by atoms with Crippen LogP contribution in [0.15, 0.2) is 12.1 Å². The van der Waals surface area contributed by atoms with E-state index in [4.69, 9.17) is 21.1 Å². The van der Waals surface area contributed by atoms with Crippen molar-refractivity contribution >= 4 is 17.4 Å². The van der Waals surface area contributed by atoms with E-state index < -0.39 is 6.10 Å². The lowest BCUT2D eigenvalue weighted by Crippen LogP contribution is -2.43. The zero-order valence-electron chi connectivity index (χ0n) is 10.5. The summed E-state index contributed by atoms with van der Waals surface area (Å²) in [4.78, 5) is 12.3. The highest BCUT2D eigenvalue weighted by Gasteiger charge is 2.26. The fourth-order valence-corrected chi connectivity index (χ4v) is 2.09. The Balaban J connectivity index is 2.31. The van der Waals surface area contributed by atoms with Gasteiger partial charge in [-0.2, -0.15) is 0 Å². The molecule has 98 valence electrons. The number of aryl methyl sites for hydroxylation is 1. The molecule has 4 nitrogen and oxygen atoms in total. The lowest BCUT2D eigenvalue weighted by molar-refractivity contribution is 0.0267. The third kappa shape index (κ3) is 2.66. The molecule has 1 aromatic rings. The van der Waals surface area contributed by atoms with Gasteiger partial charge >= 0.3 is 0 Å². The molecule has 18 heavy (non-hydrogen) atoms. The van der Waals surface area contributed by atoms with Gasteiger partial charge in [-0.3, -0.25) is 4.79 Å². The average Bonchev–Trinajstić information content (AvgIpc) is 2.41. The van der Waals surface area contributed by atoms with Gasteiger partial charge in [-0.15, -0.1) is 0 Å². The molecule has 1 fully saturated rings. The number of carbonyl (C=O) groups is 1. The quantitative estimate of drug-likeness (QED) is 0.851. The third-order valence-electron chi connectivity index (χ3n) is 2.97. The van der Waals surface area contributed by atoms with Crippen LogP contribution in [0.5, 0.6) is 5.75 Å². The Labute approximate surface area is 111 Å². The van der Waals surface area contributed by atoms with Gasteiger partial charge in [0.25, 0.3) is 0 Å². The molecule has 0 spiro atoms. The van der Waals surface area contributed by atoms with Crippen LogP contribution in [0.4, 0.5) is 0 Å². The molecule has 0 aliphatic carbocycles. The van der Waals surface area contributed by atoms with Crippen molar-refractivity contribution in [3.63, 3.8) is 0 Å². The molecule has 0 aromatic heterocycles. The van der Waals surface area contributed by atoms with Gasteiger partial charge in [0.2, 0.25) is 0 Å². The Morgan fingerprint density at radius 1 is 1.56 bits per heavy atom. The van der Waals surface area contributed by atoms with E-state index >= 15 is 0 Å². The van der Waals surface area contributed by atoms with Crippen LogP contribution in [0.3, 0.4) is 0 Å². The van der Waals surface area contributed by atoms with Gasteiger partial charge in [0, 0.05) is 18.1 Å². The Bertz CT molecular complexity index is 456. The van der Waals surface area contributed by atoms with E-state index in [1.807, 2.05) is 6.92 Å². The highest BCUT2D eigenvalue weighted by molar-refractivity contribution is 6.31. The predicted molar refractivity (Wildman–Crippen MR) is 69.7 cm³/mol. The number of methoxy groups -OCH3 is 1. The van der Waals surface area contributed by atoms with Crippen LogP contribution in [0, 0.1) is 6.92 Å². The fraction of sp³-hybridized carbons (Fsp3) is 0.462. The van der Waals surface area contributed by atoms with E-state index in [2.05, 4.69) is 5.32 Å². The summed E-state index contributed by atoms with van der Waals surface area (Å²) in [7, 11) is 1.54. The molecule has 1 aromatic carbocycles. The maximum atomic E-state index is 12.3. The number of benzene rings is 1. The molecule has 0 bridgehead atoms. The lowest BCUT2D eigenvalue weighted by atomic mass is 10.0. The summed E-state index contributed by atoms with van der Waals surface area (Å²) in [5.41, 5.74) is 1.36. The second kappa shape index (κ2) is 5.69. The van der Waals surface area contributed by atoms with Gasteiger partial charge in [-0.25, -0.2) is 0 Å². The minimum Gasteiger partial charge on any atom is -0.496 e. The summed E-state index contributed by atoms with van der Waals surface area (Å²) in [6, 6.07) is 3.42. The SMILES string of the molecule is COc1cc(C)c(Cl)cc1C(=O)C1CNCCO1. The number of hydrogen-bond acceptors (Lipinski definition) is 4. The molecule has 0 saturated carbocycles. The van der Waals surface area contributed by atoms with Crippen molar-refractivity contribution in [2.75, 3.05) is 26.8 Å². The highest BCUT2D eigenvalue weighted by Crippen LogP contribution is 2.28. The maximum Gasteiger partial charge on any atom is 0.196 e. The summed E-state index contributed by atoms with van der Waals surface area (Å²) in [5, 5.41) is 3.69. The first-order chi connectivity index (χ1) is 8.63. The van der Waals surface area contributed by atoms with Crippen LogP contribution in [0.25, 0.3) is 0 Å². The summed E-state index contributed by atoms with van der Waals surface area (Å²) in [5.74, 6) is 0.442. The molecule has 1 saturated heterocycles. The normalized spacial score (nSPS) is 19.6. The largest absolute Gasteiger partial charge is 0.496 e. The Morgan fingerprint density at radius 3 is 2.94 bits per heavy atom. The summed E-state index contributed by atoms with van der Waals surface area (Å²) in [6.07, 6.45) is -0.466. The number of carbonyl (C=O) groups excluding carboxylic acids is 1. The molecule has 1 unspecified atom stereocenters. The van der Waals surface area contributed by atoms with Crippen molar-refractivity contribution in [2.45, 2.75) is 13.0 Å². The third-order valence-corrected chi connectivity index (χ3v) is 3.37. The van der Waals surface area contributed by atoms with Crippen molar-refractivity contribution in [3.05, 3.63) is 28.3 Å². The molecular formula is C13H16ClNO3. The number of rotatable bonds is 3. The lowest BCUT2D eigenvalue weighted by Gasteiger charge is -2.23. The molecule has 5 heteroatoms. The highest BCUT2D eigenvalue weighted by atomic mass is 35.5. The molecule has 1 heterocycles. The summed E-state index contributed by atoms with van der Waals surface area (Å²) < 4.78 is 10.7. The van der Waals surface area contributed by atoms with Crippen molar-refractivity contribution in [1.29, 1.82) is 0 Å². The number of ether oxygens (including phenoxy) is 2. The zero-order chi connectivity index (χ0) is 13.1. The molecule has 1 atom stereocenters. The number of halogens is 1. The van der Waals surface area contributed by atoms with E-state index in [0.717, 1.165) is 12.1 Å². The Morgan fingerprint density at radius 2 is 2.33 bits per heavy atom. The summed E-state index contributed by atoms with van der Waals surface area (Å²) in [6.45, 7) is 3.71. The van der Waals surface area contributed by atoms with Crippen molar-refractivity contribution in [3.8, 4) is 5.75 Å². The monoisotopic (exact) mass is 269 g/mol. The van der Waals surface area contributed by atoms with Crippen molar-refractivity contribution < 1.29 is 14.3 Å². The molecule has 1 N–H and O–H groups in total. The van der Waals surface area contributed by atoms with Crippen LogP contribution in [-0.2, 0) is 4.74 Å². The number of morpholine rings is 1. The van der Waals surface area contributed by atoms with E-state index in [1.54, 1.807) is 19.2 Å². The fourth-order valence-electron chi connectivity index (χ4n) is 1.92. The smallest absolute Gasteiger partial charge is 0.196 e. The molecule has 1 aliphatic heterocycles. The minimum atomic E-state index is -0.466. The molecule has 0 amide bonds. The Hall–Kier alpha value is -1.10. The summed E-state index contributed by atoms with van der Waals surface area (Å²) >= 11 is 6.06. The maximum absolute atomic E-state index is 12.3. The first kappa shape index (κ1) is 13.3. The van der Waals surface area contributed by atoms with E-state index in [1.165, 1.54) is 0 Å². The van der Waals surface area contributed by atoms with Crippen LogP contribution in [-0.4, -0.2) is 38.7 Å². The second-order valence-corrected chi connectivity index (χ2v) is 4.64. The van der Waals surface area contributed by atoms with Gasteiger partial charge in [0.05, 0.1) is 19.3 Å². The van der Waals surface area contributed by atoms with Crippen molar-refractivity contribution in [1.82, 2.24) is 5.32 Å². The van der Waals surface area contributed by atoms with Crippen LogP contribution in [0.1, 0.15) is 15.9 Å². The van der Waals surface area contributed by atoms with E-state index in [0.29, 0.717) is 29.5 Å².